The van der Waals surface area contributed by atoms with Crippen LogP contribution in [0.2, 0.25) is 0 Å². The van der Waals surface area contributed by atoms with Crippen molar-refractivity contribution in [2.75, 3.05) is 64.4 Å². The van der Waals surface area contributed by atoms with E-state index in [-0.39, 0.29) is 11.3 Å². The molecule has 2 saturated heterocycles. The zero-order valence-electron chi connectivity index (χ0n) is 16.7. The second kappa shape index (κ2) is 7.02. The number of hydrogen-bond donors (Lipinski definition) is 0. The topological polar surface area (TPSA) is 61.8 Å². The second-order valence-electron chi connectivity index (χ2n) is 9.10. The number of nitrogens with zero attached hydrogens (tertiary/aromatic N) is 5. The van der Waals surface area contributed by atoms with E-state index in [2.05, 4.69) is 38.5 Å². The lowest BCUT2D eigenvalue weighted by Crippen LogP contribution is -2.55. The van der Waals surface area contributed by atoms with Crippen molar-refractivity contribution in [2.45, 2.75) is 20.3 Å². The smallest absolute Gasteiger partial charge is 0.236 e. The molecule has 0 aromatic carbocycles. The highest BCUT2D eigenvalue weighted by atomic mass is 16.5. The number of anilines is 1. The van der Waals surface area contributed by atoms with Crippen LogP contribution >= 0.6 is 0 Å². The fourth-order valence-corrected chi connectivity index (χ4v) is 5.65. The molecule has 0 spiro atoms. The minimum Gasteiger partial charge on any atom is -0.384 e. The van der Waals surface area contributed by atoms with Gasteiger partial charge in [0, 0.05) is 64.2 Å². The maximum Gasteiger partial charge on any atom is 0.236 e. The van der Waals surface area contributed by atoms with Gasteiger partial charge in [-0.25, -0.2) is 9.97 Å². The molecule has 7 nitrogen and oxygen atoms in total. The SMILES string of the molecule is COC[C@@]12CN(C(=O)CN3CCN(c4ncccn4)CC3)C[C@@H]1C(C)(C)C2. The van der Waals surface area contributed by atoms with E-state index in [1.807, 2.05) is 6.07 Å². The molecule has 1 aromatic rings. The van der Waals surface area contributed by atoms with Crippen molar-refractivity contribution in [3.05, 3.63) is 18.5 Å². The van der Waals surface area contributed by atoms with Gasteiger partial charge in [0.2, 0.25) is 11.9 Å². The molecule has 1 amide bonds. The van der Waals surface area contributed by atoms with Gasteiger partial charge in [-0.05, 0) is 23.8 Å². The molecule has 148 valence electrons. The Labute approximate surface area is 161 Å². The molecule has 1 aromatic heterocycles. The Morgan fingerprint density at radius 2 is 1.93 bits per heavy atom. The van der Waals surface area contributed by atoms with Crippen molar-refractivity contribution < 1.29 is 9.53 Å². The summed E-state index contributed by atoms with van der Waals surface area (Å²) in [6, 6.07) is 1.83. The van der Waals surface area contributed by atoms with E-state index in [1.165, 1.54) is 0 Å². The largest absolute Gasteiger partial charge is 0.384 e. The summed E-state index contributed by atoms with van der Waals surface area (Å²) >= 11 is 0. The molecule has 0 N–H and O–H groups in total. The van der Waals surface area contributed by atoms with Gasteiger partial charge >= 0.3 is 0 Å². The zero-order valence-corrected chi connectivity index (χ0v) is 16.7. The number of rotatable bonds is 5. The fraction of sp³-hybridized carbons (Fsp3) is 0.750. The van der Waals surface area contributed by atoms with Crippen LogP contribution in [0.25, 0.3) is 0 Å². The highest BCUT2D eigenvalue weighted by Crippen LogP contribution is 2.62. The Morgan fingerprint density at radius 3 is 2.56 bits per heavy atom. The minimum atomic E-state index is 0.178. The third-order valence-corrected chi connectivity index (χ3v) is 6.75. The number of ether oxygens (including phenoxy) is 1. The van der Waals surface area contributed by atoms with Crippen LogP contribution in [0.5, 0.6) is 0 Å². The summed E-state index contributed by atoms with van der Waals surface area (Å²) in [6.07, 6.45) is 4.70. The number of hydrogen-bond acceptors (Lipinski definition) is 6. The molecule has 1 aliphatic carbocycles. The molecule has 7 heteroatoms. The van der Waals surface area contributed by atoms with E-state index in [4.69, 9.17) is 4.74 Å². The molecular weight excluding hydrogens is 342 g/mol. The molecule has 0 unspecified atom stereocenters. The fourth-order valence-electron chi connectivity index (χ4n) is 5.65. The first kappa shape index (κ1) is 18.6. The summed E-state index contributed by atoms with van der Waals surface area (Å²) in [5.41, 5.74) is 0.492. The van der Waals surface area contributed by atoms with Gasteiger partial charge in [0.25, 0.3) is 0 Å². The minimum absolute atomic E-state index is 0.178. The molecule has 0 bridgehead atoms. The van der Waals surface area contributed by atoms with Crippen molar-refractivity contribution in [1.29, 1.82) is 0 Å². The number of carbonyl (C=O) groups is 1. The normalized spacial score (nSPS) is 30.1. The Morgan fingerprint density at radius 1 is 1.22 bits per heavy atom. The van der Waals surface area contributed by atoms with Crippen LogP contribution in [0.1, 0.15) is 20.3 Å². The molecule has 0 radical (unpaired) electrons. The average molecular weight is 374 g/mol. The van der Waals surface area contributed by atoms with Gasteiger partial charge in [-0.1, -0.05) is 13.8 Å². The number of likely N-dealkylation sites (tertiary alicyclic amines) is 1. The van der Waals surface area contributed by atoms with Gasteiger partial charge in [0.1, 0.15) is 0 Å². The van der Waals surface area contributed by atoms with Crippen molar-refractivity contribution in [3.8, 4) is 0 Å². The van der Waals surface area contributed by atoms with Crippen LogP contribution in [0.15, 0.2) is 18.5 Å². The molecule has 3 aliphatic rings. The highest BCUT2D eigenvalue weighted by molar-refractivity contribution is 5.79. The van der Waals surface area contributed by atoms with Gasteiger partial charge < -0.3 is 14.5 Å². The molecule has 3 heterocycles. The number of amides is 1. The first-order chi connectivity index (χ1) is 12.9. The lowest BCUT2D eigenvalue weighted by atomic mass is 9.48. The zero-order chi connectivity index (χ0) is 19.1. The molecule has 2 atom stereocenters. The predicted octanol–water partition coefficient (Wildman–Crippen LogP) is 1.12. The van der Waals surface area contributed by atoms with E-state index in [9.17, 15) is 4.79 Å². The highest BCUT2D eigenvalue weighted by Gasteiger charge is 2.63. The van der Waals surface area contributed by atoms with Crippen LogP contribution in [-0.4, -0.2) is 85.2 Å². The van der Waals surface area contributed by atoms with Gasteiger partial charge in [-0.2, -0.15) is 0 Å². The van der Waals surface area contributed by atoms with Gasteiger partial charge in [-0.15, -0.1) is 0 Å². The van der Waals surface area contributed by atoms with E-state index < -0.39 is 0 Å². The number of aromatic nitrogens is 2. The Bertz CT molecular complexity index is 674. The summed E-state index contributed by atoms with van der Waals surface area (Å²) < 4.78 is 5.51. The molecule has 4 rings (SSSR count). The maximum absolute atomic E-state index is 12.9. The Kier molecular flexibility index (Phi) is 4.84. The number of carbonyl (C=O) groups excluding carboxylic acids is 1. The van der Waals surface area contributed by atoms with E-state index in [0.29, 0.717) is 17.9 Å². The quantitative estimate of drug-likeness (QED) is 0.771. The number of fused-ring (bicyclic) bond motifs is 1. The van der Waals surface area contributed by atoms with Gasteiger partial charge in [-0.3, -0.25) is 9.69 Å². The third kappa shape index (κ3) is 3.43. The lowest BCUT2D eigenvalue weighted by Gasteiger charge is -2.56. The van der Waals surface area contributed by atoms with E-state index >= 15 is 0 Å². The summed E-state index contributed by atoms with van der Waals surface area (Å²) in [4.78, 5) is 28.1. The van der Waals surface area contributed by atoms with Crippen LogP contribution in [0.3, 0.4) is 0 Å². The van der Waals surface area contributed by atoms with Crippen molar-refractivity contribution in [2.24, 2.45) is 16.7 Å². The summed E-state index contributed by atoms with van der Waals surface area (Å²) in [7, 11) is 1.78. The van der Waals surface area contributed by atoms with Crippen molar-refractivity contribution in [3.63, 3.8) is 0 Å². The van der Waals surface area contributed by atoms with Gasteiger partial charge in [0.15, 0.2) is 0 Å². The van der Waals surface area contributed by atoms with Crippen molar-refractivity contribution in [1.82, 2.24) is 19.8 Å². The molecule has 2 aliphatic heterocycles. The summed E-state index contributed by atoms with van der Waals surface area (Å²) in [6.45, 7) is 11.1. The van der Waals surface area contributed by atoms with Crippen LogP contribution < -0.4 is 4.90 Å². The standard InChI is InChI=1S/C20H31N5O2/c1-19(2)13-20(15-27-3)14-25(11-16(19)20)17(26)12-23-7-9-24(10-8-23)18-21-5-4-6-22-18/h4-6,16H,7-15H2,1-3H3/t16-,20-/m1/s1. The number of methoxy groups -OCH3 is 1. The van der Waals surface area contributed by atoms with Crippen LogP contribution in [0.4, 0.5) is 5.95 Å². The second-order valence-corrected chi connectivity index (χ2v) is 9.10. The predicted molar refractivity (Wildman–Crippen MR) is 103 cm³/mol. The van der Waals surface area contributed by atoms with Crippen LogP contribution in [-0.2, 0) is 9.53 Å². The first-order valence-corrected chi connectivity index (χ1v) is 9.95. The van der Waals surface area contributed by atoms with E-state index in [1.54, 1.807) is 19.5 Å². The molecular formula is C20H31N5O2. The summed E-state index contributed by atoms with van der Waals surface area (Å²) in [5, 5.41) is 0. The van der Waals surface area contributed by atoms with Crippen LogP contribution in [0, 0.1) is 16.7 Å². The molecule has 3 fully saturated rings. The Balaban J connectivity index is 1.30. The third-order valence-electron chi connectivity index (χ3n) is 6.75. The van der Waals surface area contributed by atoms with E-state index in [0.717, 1.165) is 58.2 Å². The first-order valence-electron chi connectivity index (χ1n) is 9.95. The molecule has 1 saturated carbocycles. The summed E-state index contributed by atoms with van der Waals surface area (Å²) in [5.74, 6) is 1.60. The Hall–Kier alpha value is -1.73. The maximum atomic E-state index is 12.9. The number of piperazine rings is 1. The lowest BCUT2D eigenvalue weighted by molar-refractivity contribution is -0.132. The average Bonchev–Trinajstić information content (AvgIpc) is 2.98. The monoisotopic (exact) mass is 373 g/mol. The molecule has 27 heavy (non-hydrogen) atoms. The van der Waals surface area contributed by atoms with Crippen molar-refractivity contribution >= 4 is 11.9 Å². The van der Waals surface area contributed by atoms with Gasteiger partial charge in [0.05, 0.1) is 13.2 Å².